The maximum atomic E-state index is 12.2. The number of carbonyl (C=O) groups excluding carboxylic acids is 10. The van der Waals surface area contributed by atoms with Crippen LogP contribution >= 0.6 is 0 Å². The SMILES string of the molecule is CCC(=O)N=NC=O.CCOC(=O)C1CCCN(C(=O)OCc2ccccc2)CC1=O.CCOC(=O)C1CN(C(=O)OCc2ccccc2)CCCC1=O.O=C1CCCN(C(=O)OCc2ccccc2)C1. The highest BCUT2D eigenvalue weighted by molar-refractivity contribution is 6.01. The van der Waals surface area contributed by atoms with Gasteiger partial charge in [-0.05, 0) is 56.2 Å². The summed E-state index contributed by atoms with van der Waals surface area (Å²) in [6, 6.07) is 28.2. The smallest absolute Gasteiger partial charge is 0.410 e. The fourth-order valence-corrected chi connectivity index (χ4v) is 6.90. The highest BCUT2D eigenvalue weighted by atomic mass is 16.6. The first-order valence-corrected chi connectivity index (χ1v) is 23.4. The Hall–Kier alpha value is -7.64. The second-order valence-electron chi connectivity index (χ2n) is 15.9. The zero-order chi connectivity index (χ0) is 51.8. The molecule has 3 aromatic carbocycles. The van der Waals surface area contributed by atoms with Gasteiger partial charge in [-0.1, -0.05) is 97.9 Å². The van der Waals surface area contributed by atoms with Crippen LogP contribution in [0.2, 0.25) is 0 Å². The van der Waals surface area contributed by atoms with E-state index in [2.05, 4.69) is 10.2 Å². The van der Waals surface area contributed by atoms with Crippen LogP contribution in [0.4, 0.5) is 14.4 Å². The number of carbonyl (C=O) groups is 10. The zero-order valence-electron chi connectivity index (χ0n) is 40.5. The topological polar surface area (TPSA) is 251 Å². The lowest BCUT2D eigenvalue weighted by Gasteiger charge is -2.24. The third-order valence-corrected chi connectivity index (χ3v) is 10.6. The van der Waals surface area contributed by atoms with Crippen molar-refractivity contribution in [3.63, 3.8) is 0 Å². The zero-order valence-corrected chi connectivity index (χ0v) is 40.5. The van der Waals surface area contributed by atoms with Gasteiger partial charge < -0.3 is 38.4 Å². The normalized spacial score (nSPS) is 16.7. The number of Topliss-reactive ketones (excluding diaryl/α,β-unsaturated/α-hetero) is 3. The number of azo groups is 1. The minimum Gasteiger partial charge on any atom is -0.465 e. The second-order valence-corrected chi connectivity index (χ2v) is 15.9. The lowest BCUT2D eigenvalue weighted by Crippen LogP contribution is -2.40. The summed E-state index contributed by atoms with van der Waals surface area (Å²) in [6.07, 6.45) is 2.13. The van der Waals surface area contributed by atoms with Crippen molar-refractivity contribution in [1.29, 1.82) is 0 Å². The summed E-state index contributed by atoms with van der Waals surface area (Å²) in [5, 5.41) is 5.82. The van der Waals surface area contributed by atoms with Crippen molar-refractivity contribution in [2.75, 3.05) is 52.5 Å². The van der Waals surface area contributed by atoms with Crippen molar-refractivity contribution < 1.29 is 71.6 Å². The molecule has 0 N–H and O–H groups in total. The summed E-state index contributed by atoms with van der Waals surface area (Å²) in [5.74, 6) is -3.51. The summed E-state index contributed by atoms with van der Waals surface area (Å²) in [4.78, 5) is 119. The van der Waals surface area contributed by atoms with Crippen LogP contribution in [-0.2, 0) is 77.1 Å². The third kappa shape index (κ3) is 22.1. The quantitative estimate of drug-likeness (QED) is 0.0591. The predicted octanol–water partition coefficient (Wildman–Crippen LogP) is 6.85. The van der Waals surface area contributed by atoms with Gasteiger partial charge in [0.15, 0.2) is 11.6 Å². The Bertz CT molecular complexity index is 2230. The molecule has 0 spiro atoms. The third-order valence-electron chi connectivity index (χ3n) is 10.6. The van der Waals surface area contributed by atoms with E-state index in [1.165, 1.54) is 14.7 Å². The van der Waals surface area contributed by atoms with Crippen LogP contribution in [0.5, 0.6) is 0 Å². The highest BCUT2D eigenvalue weighted by Gasteiger charge is 2.35. The fourth-order valence-electron chi connectivity index (χ4n) is 6.90. The van der Waals surface area contributed by atoms with Gasteiger partial charge in [-0.15, -0.1) is 10.2 Å². The average molecular weight is 986 g/mol. The molecule has 0 radical (unpaired) electrons. The molecule has 20 heteroatoms. The van der Waals surface area contributed by atoms with Gasteiger partial charge in [0.25, 0.3) is 12.3 Å². The van der Waals surface area contributed by atoms with Crippen LogP contribution in [0.1, 0.15) is 82.4 Å². The van der Waals surface area contributed by atoms with Gasteiger partial charge in [0, 0.05) is 45.4 Å². The van der Waals surface area contributed by atoms with E-state index in [1.54, 1.807) is 20.8 Å². The van der Waals surface area contributed by atoms with Crippen LogP contribution in [0.25, 0.3) is 0 Å². The van der Waals surface area contributed by atoms with Crippen molar-refractivity contribution in [2.24, 2.45) is 22.1 Å². The van der Waals surface area contributed by atoms with Crippen LogP contribution in [0, 0.1) is 11.8 Å². The predicted molar refractivity (Wildman–Crippen MR) is 254 cm³/mol. The van der Waals surface area contributed by atoms with Crippen LogP contribution in [0.15, 0.2) is 101 Å². The average Bonchev–Trinajstić information content (AvgIpc) is 3.72. The molecule has 3 heterocycles. The largest absolute Gasteiger partial charge is 0.465 e. The molecule has 382 valence electrons. The highest BCUT2D eigenvalue weighted by Crippen LogP contribution is 2.19. The number of rotatable bonds is 12. The molecule has 0 saturated carbocycles. The Morgan fingerprint density at radius 3 is 1.45 bits per heavy atom. The number of likely N-dealkylation sites (tertiary alicyclic amines) is 3. The molecule has 0 bridgehead atoms. The number of esters is 2. The standard InChI is InChI=1S/2C17H21NO5.C13H15NO3.C4H6N2O2/c1-2-22-16(20)14-11-18(10-6-9-15(14)19)17(21)23-12-13-7-4-3-5-8-13;1-2-22-16(20)14-9-6-10-18(11-15(14)19)17(21)23-12-13-7-4-3-5-8-13;15-12-7-4-8-14(9-12)13(16)17-10-11-5-2-1-3-6-11;1-2-4(8)6-5-3-7/h2*3-5,7-8,14H,2,6,9-12H2,1H3;1-3,5-6H,4,7-10H2;3H,2H2,1H3. The van der Waals surface area contributed by atoms with Gasteiger partial charge in [-0.3, -0.25) is 33.6 Å². The lowest BCUT2D eigenvalue weighted by atomic mass is 10.00. The van der Waals surface area contributed by atoms with Gasteiger partial charge in [0.1, 0.15) is 37.4 Å². The summed E-state index contributed by atoms with van der Waals surface area (Å²) in [5.41, 5.74) is 2.71. The van der Waals surface area contributed by atoms with E-state index in [1.807, 2.05) is 91.0 Å². The number of ether oxygens (including phenoxy) is 5. The molecule has 2 atom stereocenters. The molecule has 3 fully saturated rings. The molecule has 0 aliphatic carbocycles. The number of nitrogens with zero attached hydrogens (tertiary/aromatic N) is 5. The molecule has 2 unspecified atom stereocenters. The van der Waals surface area contributed by atoms with E-state index in [-0.39, 0.29) is 95.2 Å². The number of ketones is 3. The van der Waals surface area contributed by atoms with Gasteiger partial charge in [-0.2, -0.15) is 0 Å². The number of hydrogen-bond acceptors (Lipinski definition) is 15. The maximum absolute atomic E-state index is 12.2. The van der Waals surface area contributed by atoms with Crippen molar-refractivity contribution in [2.45, 2.75) is 85.5 Å². The van der Waals surface area contributed by atoms with Crippen LogP contribution < -0.4 is 0 Å². The molecule has 5 amide bonds. The summed E-state index contributed by atoms with van der Waals surface area (Å²) >= 11 is 0. The first-order valence-electron chi connectivity index (χ1n) is 23.4. The first kappa shape index (κ1) is 57.7. The molecule has 0 aromatic heterocycles. The molecular weight excluding hydrogens is 923 g/mol. The minimum absolute atomic E-state index is 0.0191. The molecule has 71 heavy (non-hydrogen) atoms. The monoisotopic (exact) mass is 985 g/mol. The van der Waals surface area contributed by atoms with Crippen molar-refractivity contribution in [3.8, 4) is 0 Å². The Balaban J connectivity index is 0.000000264. The number of piperidine rings is 1. The van der Waals surface area contributed by atoms with Crippen LogP contribution in [0.3, 0.4) is 0 Å². The Morgan fingerprint density at radius 2 is 0.986 bits per heavy atom. The van der Waals surface area contributed by atoms with E-state index >= 15 is 0 Å². The van der Waals surface area contributed by atoms with E-state index in [9.17, 15) is 47.9 Å². The maximum Gasteiger partial charge on any atom is 0.410 e. The van der Waals surface area contributed by atoms with Gasteiger partial charge >= 0.3 is 30.2 Å². The van der Waals surface area contributed by atoms with Crippen molar-refractivity contribution in [3.05, 3.63) is 108 Å². The van der Waals surface area contributed by atoms with E-state index in [0.717, 1.165) is 23.1 Å². The lowest BCUT2D eigenvalue weighted by molar-refractivity contribution is -0.153. The van der Waals surface area contributed by atoms with Crippen molar-refractivity contribution >= 4 is 59.9 Å². The summed E-state index contributed by atoms with van der Waals surface area (Å²) < 4.78 is 25.5. The molecule has 3 saturated heterocycles. The summed E-state index contributed by atoms with van der Waals surface area (Å²) in [7, 11) is 0. The van der Waals surface area contributed by atoms with E-state index in [0.29, 0.717) is 45.3 Å². The Labute approximate surface area is 412 Å². The van der Waals surface area contributed by atoms with E-state index in [4.69, 9.17) is 23.7 Å². The molecule has 3 aliphatic rings. The molecular formula is C51H63N5O15. The van der Waals surface area contributed by atoms with Gasteiger partial charge in [0.05, 0.1) is 26.3 Å². The van der Waals surface area contributed by atoms with E-state index < -0.39 is 42.1 Å². The first-order chi connectivity index (χ1) is 34.3. The molecule has 20 nitrogen and oxygen atoms in total. The number of benzene rings is 3. The van der Waals surface area contributed by atoms with Crippen LogP contribution in [-0.4, -0.2) is 127 Å². The number of amides is 5. The fraction of sp³-hybridized carbons (Fsp3) is 0.451. The summed E-state index contributed by atoms with van der Waals surface area (Å²) in [6.45, 7) is 7.56. The van der Waals surface area contributed by atoms with Gasteiger partial charge in [-0.25, -0.2) is 14.4 Å². The Kier molecular flexibility index (Phi) is 26.8. The van der Waals surface area contributed by atoms with Crippen molar-refractivity contribution in [1.82, 2.24) is 14.7 Å². The minimum atomic E-state index is -0.915. The Morgan fingerprint density at radius 1 is 0.549 bits per heavy atom. The number of hydrogen-bond donors (Lipinski definition) is 0. The molecule has 3 aromatic rings. The molecule has 6 rings (SSSR count). The second kappa shape index (κ2) is 33.0. The van der Waals surface area contributed by atoms with Gasteiger partial charge in [0.2, 0.25) is 0 Å². The molecule has 3 aliphatic heterocycles.